The van der Waals surface area contributed by atoms with Crippen LogP contribution in [0.5, 0.6) is 0 Å². The third kappa shape index (κ3) is 3.09. The molecule has 2 aromatic carbocycles. The maximum Gasteiger partial charge on any atom is 0.256 e. The molecule has 1 unspecified atom stereocenters. The first-order valence-corrected chi connectivity index (χ1v) is 8.87. The zero-order chi connectivity index (χ0) is 19.8. The number of imide groups is 1. The molecule has 1 atom stereocenters. The summed E-state index contributed by atoms with van der Waals surface area (Å²) in [6, 6.07) is 11.0. The van der Waals surface area contributed by atoms with Crippen molar-refractivity contribution in [3.8, 4) is 0 Å². The quantitative estimate of drug-likeness (QED) is 0.549. The van der Waals surface area contributed by atoms with Gasteiger partial charge < -0.3 is 16.0 Å². The predicted octanol–water partition coefficient (Wildman–Crippen LogP) is 1.28. The van der Waals surface area contributed by atoms with Gasteiger partial charge in [-0.3, -0.25) is 24.5 Å². The van der Waals surface area contributed by atoms with Gasteiger partial charge in [-0.25, -0.2) is 0 Å². The van der Waals surface area contributed by atoms with Gasteiger partial charge in [-0.15, -0.1) is 0 Å². The van der Waals surface area contributed by atoms with Gasteiger partial charge in [0.1, 0.15) is 6.04 Å². The Hall–Kier alpha value is -3.68. The van der Waals surface area contributed by atoms with Crippen LogP contribution in [0.3, 0.4) is 0 Å². The standard InChI is InChI=1S/C20H18N4O4/c21-11-4-6-12(7-5-11)22-18(26)13-2-1-3-14-15(13)10-24(20(14)28)16-8-9-17(25)23-19(16)27/h1-7,16H,8-10,21H2,(H,22,26)(H,23,25,27). The van der Waals surface area contributed by atoms with E-state index in [1.54, 1.807) is 42.5 Å². The molecule has 4 rings (SSSR count). The fourth-order valence-corrected chi connectivity index (χ4v) is 3.56. The molecule has 0 bridgehead atoms. The van der Waals surface area contributed by atoms with Crippen molar-refractivity contribution in [2.24, 2.45) is 0 Å². The van der Waals surface area contributed by atoms with Crippen molar-refractivity contribution in [2.75, 3.05) is 11.1 Å². The van der Waals surface area contributed by atoms with Crippen LogP contribution in [0.2, 0.25) is 0 Å². The van der Waals surface area contributed by atoms with Crippen LogP contribution in [0.15, 0.2) is 42.5 Å². The molecular formula is C20H18N4O4. The molecule has 1 fully saturated rings. The highest BCUT2D eigenvalue weighted by Gasteiger charge is 2.40. The summed E-state index contributed by atoms with van der Waals surface area (Å²) in [4.78, 5) is 50.5. The van der Waals surface area contributed by atoms with Crippen LogP contribution in [0.1, 0.15) is 39.1 Å². The zero-order valence-electron chi connectivity index (χ0n) is 14.9. The van der Waals surface area contributed by atoms with Gasteiger partial charge in [-0.05, 0) is 48.4 Å². The van der Waals surface area contributed by atoms with Gasteiger partial charge >= 0.3 is 0 Å². The minimum atomic E-state index is -0.717. The number of fused-ring (bicyclic) bond motifs is 1. The molecule has 4 N–H and O–H groups in total. The molecule has 0 spiro atoms. The van der Waals surface area contributed by atoms with Gasteiger partial charge in [0.05, 0.1) is 0 Å². The normalized spacial score (nSPS) is 18.6. The van der Waals surface area contributed by atoms with E-state index in [2.05, 4.69) is 10.6 Å². The molecule has 2 aliphatic heterocycles. The fraction of sp³-hybridized carbons (Fsp3) is 0.200. The summed E-state index contributed by atoms with van der Waals surface area (Å²) < 4.78 is 0. The molecule has 2 heterocycles. The van der Waals surface area contributed by atoms with Gasteiger partial charge in [0.15, 0.2) is 0 Å². The number of nitrogens with one attached hydrogen (secondary N) is 2. The van der Waals surface area contributed by atoms with E-state index in [-0.39, 0.29) is 37.1 Å². The van der Waals surface area contributed by atoms with Crippen molar-refractivity contribution in [3.05, 3.63) is 59.2 Å². The molecule has 0 radical (unpaired) electrons. The summed E-state index contributed by atoms with van der Waals surface area (Å²) in [6.45, 7) is 0.145. The minimum Gasteiger partial charge on any atom is -0.399 e. The van der Waals surface area contributed by atoms with Crippen LogP contribution in [-0.4, -0.2) is 34.6 Å². The van der Waals surface area contributed by atoms with Crippen molar-refractivity contribution in [1.29, 1.82) is 0 Å². The number of nitrogens with two attached hydrogens (primary N) is 1. The first-order valence-electron chi connectivity index (χ1n) is 8.87. The topological polar surface area (TPSA) is 122 Å². The molecule has 8 nitrogen and oxygen atoms in total. The molecule has 8 heteroatoms. The van der Waals surface area contributed by atoms with Crippen LogP contribution in [0, 0.1) is 0 Å². The lowest BCUT2D eigenvalue weighted by Crippen LogP contribution is -2.52. The summed E-state index contributed by atoms with van der Waals surface area (Å²) in [6.07, 6.45) is 0.457. The second kappa shape index (κ2) is 6.80. The second-order valence-corrected chi connectivity index (χ2v) is 6.81. The van der Waals surface area contributed by atoms with E-state index in [0.717, 1.165) is 0 Å². The van der Waals surface area contributed by atoms with Crippen molar-refractivity contribution < 1.29 is 19.2 Å². The maximum absolute atomic E-state index is 12.8. The van der Waals surface area contributed by atoms with Crippen LogP contribution in [-0.2, 0) is 16.1 Å². The number of rotatable bonds is 3. The van der Waals surface area contributed by atoms with E-state index >= 15 is 0 Å². The number of nitrogen functional groups attached to an aromatic ring is 1. The van der Waals surface area contributed by atoms with Crippen LogP contribution >= 0.6 is 0 Å². The Morgan fingerprint density at radius 2 is 1.86 bits per heavy atom. The molecule has 0 aromatic heterocycles. The summed E-state index contributed by atoms with van der Waals surface area (Å²) in [7, 11) is 0. The maximum atomic E-state index is 12.8. The van der Waals surface area contributed by atoms with E-state index in [1.165, 1.54) is 4.90 Å². The van der Waals surface area contributed by atoms with Gasteiger partial charge in [0.2, 0.25) is 11.8 Å². The largest absolute Gasteiger partial charge is 0.399 e. The third-order valence-corrected chi connectivity index (χ3v) is 5.00. The van der Waals surface area contributed by atoms with E-state index in [0.29, 0.717) is 28.1 Å². The fourth-order valence-electron chi connectivity index (χ4n) is 3.56. The number of amides is 4. The lowest BCUT2D eigenvalue weighted by Gasteiger charge is -2.29. The molecule has 0 aliphatic carbocycles. The van der Waals surface area contributed by atoms with Gasteiger partial charge in [0.25, 0.3) is 11.8 Å². The number of nitrogens with zero attached hydrogens (tertiary/aromatic N) is 1. The zero-order valence-corrected chi connectivity index (χ0v) is 14.9. The summed E-state index contributed by atoms with van der Waals surface area (Å²) in [5.74, 6) is -1.48. The van der Waals surface area contributed by atoms with E-state index in [9.17, 15) is 19.2 Å². The van der Waals surface area contributed by atoms with E-state index < -0.39 is 11.9 Å². The number of carbonyl (C=O) groups is 4. The Bertz CT molecular complexity index is 1000. The lowest BCUT2D eigenvalue weighted by molar-refractivity contribution is -0.136. The van der Waals surface area contributed by atoms with Crippen LogP contribution in [0.4, 0.5) is 11.4 Å². The van der Waals surface area contributed by atoms with Crippen molar-refractivity contribution in [3.63, 3.8) is 0 Å². The third-order valence-electron chi connectivity index (χ3n) is 5.00. The van der Waals surface area contributed by atoms with Crippen molar-refractivity contribution in [1.82, 2.24) is 10.2 Å². The van der Waals surface area contributed by atoms with Gasteiger partial charge in [-0.2, -0.15) is 0 Å². The lowest BCUT2D eigenvalue weighted by atomic mass is 10.0. The summed E-state index contributed by atoms with van der Waals surface area (Å²) in [5.41, 5.74) is 8.17. The Balaban J connectivity index is 1.59. The molecule has 142 valence electrons. The Morgan fingerprint density at radius 1 is 1.11 bits per heavy atom. The molecule has 4 amide bonds. The molecular weight excluding hydrogens is 360 g/mol. The first-order chi connectivity index (χ1) is 13.4. The number of hydrogen-bond acceptors (Lipinski definition) is 5. The monoisotopic (exact) mass is 378 g/mol. The Kier molecular flexibility index (Phi) is 4.31. The van der Waals surface area contributed by atoms with Crippen LogP contribution < -0.4 is 16.4 Å². The second-order valence-electron chi connectivity index (χ2n) is 6.81. The predicted molar refractivity (Wildman–Crippen MR) is 101 cm³/mol. The minimum absolute atomic E-state index is 0.145. The molecule has 2 aliphatic rings. The highest BCUT2D eigenvalue weighted by atomic mass is 16.2. The number of anilines is 2. The average Bonchev–Trinajstić information content (AvgIpc) is 3.00. The first kappa shape index (κ1) is 17.7. The number of piperidine rings is 1. The number of hydrogen-bond donors (Lipinski definition) is 3. The van der Waals surface area contributed by atoms with Crippen molar-refractivity contribution in [2.45, 2.75) is 25.4 Å². The Labute approximate surface area is 160 Å². The van der Waals surface area contributed by atoms with Crippen molar-refractivity contribution >= 4 is 35.0 Å². The summed E-state index contributed by atoms with van der Waals surface area (Å²) in [5, 5.41) is 5.06. The SMILES string of the molecule is Nc1ccc(NC(=O)c2cccc3c2CN(C2CCC(=O)NC2=O)C3=O)cc1. The van der Waals surface area contributed by atoms with Crippen LogP contribution in [0.25, 0.3) is 0 Å². The highest BCUT2D eigenvalue weighted by molar-refractivity contribution is 6.10. The molecule has 1 saturated heterocycles. The molecule has 0 saturated carbocycles. The smallest absolute Gasteiger partial charge is 0.256 e. The summed E-state index contributed by atoms with van der Waals surface area (Å²) >= 11 is 0. The van der Waals surface area contributed by atoms with E-state index in [4.69, 9.17) is 5.73 Å². The Morgan fingerprint density at radius 3 is 2.57 bits per heavy atom. The number of carbonyl (C=O) groups excluding carboxylic acids is 4. The van der Waals surface area contributed by atoms with E-state index in [1.807, 2.05) is 0 Å². The van der Waals surface area contributed by atoms with Gasteiger partial charge in [0, 0.05) is 35.5 Å². The van der Waals surface area contributed by atoms with Gasteiger partial charge in [-0.1, -0.05) is 6.07 Å². The number of benzene rings is 2. The highest BCUT2D eigenvalue weighted by Crippen LogP contribution is 2.30. The molecule has 2 aromatic rings. The molecule has 28 heavy (non-hydrogen) atoms. The average molecular weight is 378 g/mol.